The number of nitrogens with zero attached hydrogens (tertiary/aromatic N) is 3. The number of carbonyl (C=O) groups excluding carboxylic acids is 1. The zero-order chi connectivity index (χ0) is 22.3. The Morgan fingerprint density at radius 3 is 2.41 bits per heavy atom. The number of piperazine rings is 1. The Hall–Kier alpha value is -2.77. The van der Waals surface area contributed by atoms with Crippen molar-refractivity contribution >= 4 is 29.0 Å². The van der Waals surface area contributed by atoms with Crippen molar-refractivity contribution in [3.63, 3.8) is 0 Å². The lowest BCUT2D eigenvalue weighted by atomic mass is 10.1. The monoisotopic (exact) mass is 450 g/mol. The number of carbonyl (C=O) groups is 1. The number of amides is 1. The first-order chi connectivity index (χ1) is 15.6. The number of nitrogens with one attached hydrogen (secondary N) is 1. The van der Waals surface area contributed by atoms with E-state index in [0.29, 0.717) is 23.1 Å². The third-order valence-corrected chi connectivity index (χ3v) is 6.46. The maximum Gasteiger partial charge on any atom is 0.262 e. The summed E-state index contributed by atoms with van der Waals surface area (Å²) in [6, 6.07) is 17.9. The van der Waals surface area contributed by atoms with Gasteiger partial charge in [0.2, 0.25) is 5.91 Å². The average Bonchev–Trinajstić information content (AvgIpc) is 2.82. The Kier molecular flexibility index (Phi) is 7.50. The van der Waals surface area contributed by atoms with Crippen LogP contribution in [0.3, 0.4) is 0 Å². The van der Waals surface area contributed by atoms with Gasteiger partial charge in [-0.05, 0) is 42.8 Å². The van der Waals surface area contributed by atoms with E-state index in [1.54, 1.807) is 4.57 Å². The van der Waals surface area contributed by atoms with E-state index in [0.717, 1.165) is 57.5 Å². The van der Waals surface area contributed by atoms with Crippen molar-refractivity contribution in [2.75, 3.05) is 26.2 Å². The molecule has 0 bridgehead atoms. The molecule has 0 saturated carbocycles. The molecule has 1 amide bonds. The number of unbranched alkanes of at least 4 members (excludes halogenated alkanes) is 2. The summed E-state index contributed by atoms with van der Waals surface area (Å²) >= 11 is 5.37. The molecule has 1 fully saturated rings. The van der Waals surface area contributed by atoms with Gasteiger partial charge in [0.25, 0.3) is 5.56 Å². The Labute approximate surface area is 193 Å². The van der Waals surface area contributed by atoms with Crippen LogP contribution in [0.4, 0.5) is 0 Å². The molecule has 168 valence electrons. The molecular weight excluding hydrogens is 420 g/mol. The van der Waals surface area contributed by atoms with Crippen LogP contribution >= 0.6 is 12.2 Å². The predicted octanol–water partition coefficient (Wildman–Crippen LogP) is 3.96. The van der Waals surface area contributed by atoms with Gasteiger partial charge in [-0.3, -0.25) is 19.1 Å². The molecule has 7 heteroatoms. The highest BCUT2D eigenvalue weighted by Gasteiger charge is 2.20. The molecule has 2 heterocycles. The van der Waals surface area contributed by atoms with Gasteiger partial charge in [0.1, 0.15) is 0 Å². The average molecular weight is 451 g/mol. The standard InChI is InChI=1S/C25H30N4O2S/c30-23(28-17-15-27(16-18-28)19-20-9-3-1-4-10-20)13-5-2-8-14-29-24(31)21-11-6-7-12-22(21)26-25(29)32/h1,3-4,6-7,9-12H,2,5,8,13-19H2,(H,26,32). The van der Waals surface area contributed by atoms with Crippen LogP contribution in [-0.4, -0.2) is 51.4 Å². The fraction of sp³-hybridized carbons (Fsp3) is 0.400. The Balaban J connectivity index is 1.18. The van der Waals surface area contributed by atoms with Crippen LogP contribution in [0.5, 0.6) is 0 Å². The van der Waals surface area contributed by atoms with Gasteiger partial charge in [0.15, 0.2) is 4.77 Å². The number of para-hydroxylation sites is 1. The van der Waals surface area contributed by atoms with Gasteiger partial charge >= 0.3 is 0 Å². The Morgan fingerprint density at radius 2 is 1.62 bits per heavy atom. The fourth-order valence-corrected chi connectivity index (χ4v) is 4.56. The van der Waals surface area contributed by atoms with Crippen LogP contribution in [0.1, 0.15) is 31.2 Å². The molecule has 0 radical (unpaired) electrons. The van der Waals surface area contributed by atoms with Crippen molar-refractivity contribution in [2.45, 2.75) is 38.8 Å². The van der Waals surface area contributed by atoms with E-state index in [1.807, 2.05) is 35.2 Å². The Bertz CT molecular complexity index is 1160. The third-order valence-electron chi connectivity index (χ3n) is 6.14. The van der Waals surface area contributed by atoms with Crippen molar-refractivity contribution in [1.82, 2.24) is 19.4 Å². The number of aromatic nitrogens is 2. The SMILES string of the molecule is O=C(CCCCCn1c(=S)[nH]c2ccccc2c1=O)N1CCN(Cc2ccccc2)CC1. The number of hydrogen-bond acceptors (Lipinski definition) is 4. The van der Waals surface area contributed by atoms with E-state index in [4.69, 9.17) is 12.2 Å². The van der Waals surface area contributed by atoms with E-state index in [-0.39, 0.29) is 11.5 Å². The maximum absolute atomic E-state index is 12.7. The molecular formula is C25H30N4O2S. The molecule has 1 N–H and O–H groups in total. The number of aromatic amines is 1. The molecule has 1 aliphatic heterocycles. The van der Waals surface area contributed by atoms with Gasteiger partial charge in [0.05, 0.1) is 10.9 Å². The number of rotatable bonds is 8. The first-order valence-corrected chi connectivity index (χ1v) is 11.8. The number of benzene rings is 2. The van der Waals surface area contributed by atoms with Crippen molar-refractivity contribution in [3.05, 3.63) is 75.3 Å². The zero-order valence-electron chi connectivity index (χ0n) is 18.3. The number of fused-ring (bicyclic) bond motifs is 1. The summed E-state index contributed by atoms with van der Waals surface area (Å²) in [5, 5.41) is 0.655. The second-order valence-corrected chi connectivity index (χ2v) is 8.77. The smallest absolute Gasteiger partial charge is 0.262 e. The van der Waals surface area contributed by atoms with E-state index >= 15 is 0 Å². The lowest BCUT2D eigenvalue weighted by Gasteiger charge is -2.34. The second kappa shape index (κ2) is 10.7. The molecule has 2 aromatic carbocycles. The van der Waals surface area contributed by atoms with Crippen LogP contribution < -0.4 is 5.56 Å². The minimum atomic E-state index is -0.0474. The second-order valence-electron chi connectivity index (χ2n) is 8.39. The lowest BCUT2D eigenvalue weighted by Crippen LogP contribution is -2.48. The quantitative estimate of drug-likeness (QED) is 0.417. The molecule has 1 aliphatic rings. The van der Waals surface area contributed by atoms with Crippen molar-refractivity contribution in [3.8, 4) is 0 Å². The van der Waals surface area contributed by atoms with Crippen LogP contribution in [0.15, 0.2) is 59.4 Å². The van der Waals surface area contributed by atoms with Crippen molar-refractivity contribution in [1.29, 1.82) is 0 Å². The van der Waals surface area contributed by atoms with E-state index in [9.17, 15) is 9.59 Å². The summed E-state index contributed by atoms with van der Waals surface area (Å²) in [6.45, 7) is 4.96. The maximum atomic E-state index is 12.7. The van der Waals surface area contributed by atoms with Gasteiger partial charge in [-0.2, -0.15) is 0 Å². The summed E-state index contributed by atoms with van der Waals surface area (Å²) < 4.78 is 2.09. The summed E-state index contributed by atoms with van der Waals surface area (Å²) in [5.41, 5.74) is 2.04. The first-order valence-electron chi connectivity index (χ1n) is 11.4. The topological polar surface area (TPSA) is 61.3 Å². The van der Waals surface area contributed by atoms with Crippen LogP contribution in [0.25, 0.3) is 10.9 Å². The van der Waals surface area contributed by atoms with Gasteiger partial charge in [-0.25, -0.2) is 0 Å². The predicted molar refractivity (Wildman–Crippen MR) is 130 cm³/mol. The molecule has 0 aliphatic carbocycles. The highest BCUT2D eigenvalue weighted by molar-refractivity contribution is 7.71. The number of H-pyrrole nitrogens is 1. The molecule has 32 heavy (non-hydrogen) atoms. The molecule has 0 spiro atoms. The molecule has 0 atom stereocenters. The van der Waals surface area contributed by atoms with Gasteiger partial charge in [-0.1, -0.05) is 48.9 Å². The minimum Gasteiger partial charge on any atom is -0.340 e. The molecule has 3 aromatic rings. The van der Waals surface area contributed by atoms with Crippen LogP contribution in [-0.2, 0) is 17.9 Å². The molecule has 1 saturated heterocycles. The first kappa shape index (κ1) is 22.4. The summed E-state index contributed by atoms with van der Waals surface area (Å²) in [5.74, 6) is 0.240. The fourth-order valence-electron chi connectivity index (χ4n) is 4.28. The van der Waals surface area contributed by atoms with E-state index in [2.05, 4.69) is 34.1 Å². The minimum absolute atomic E-state index is 0.0474. The zero-order valence-corrected chi connectivity index (χ0v) is 19.2. The largest absolute Gasteiger partial charge is 0.340 e. The van der Waals surface area contributed by atoms with Gasteiger partial charge in [0, 0.05) is 45.7 Å². The molecule has 1 aromatic heterocycles. The van der Waals surface area contributed by atoms with Crippen LogP contribution in [0, 0.1) is 4.77 Å². The van der Waals surface area contributed by atoms with Crippen LogP contribution in [0.2, 0.25) is 0 Å². The summed E-state index contributed by atoms with van der Waals surface area (Å²) in [4.78, 5) is 32.8. The third kappa shape index (κ3) is 5.53. The van der Waals surface area contributed by atoms with Gasteiger partial charge < -0.3 is 9.88 Å². The van der Waals surface area contributed by atoms with E-state index in [1.165, 1.54) is 5.56 Å². The summed E-state index contributed by atoms with van der Waals surface area (Å²) in [7, 11) is 0. The highest BCUT2D eigenvalue weighted by atomic mass is 32.1. The van der Waals surface area contributed by atoms with Crippen molar-refractivity contribution in [2.24, 2.45) is 0 Å². The normalized spacial score (nSPS) is 14.7. The highest BCUT2D eigenvalue weighted by Crippen LogP contribution is 2.12. The molecule has 6 nitrogen and oxygen atoms in total. The molecule has 4 rings (SSSR count). The summed E-state index contributed by atoms with van der Waals surface area (Å²) in [6.07, 6.45) is 3.13. The van der Waals surface area contributed by atoms with Gasteiger partial charge in [-0.15, -0.1) is 0 Å². The molecule has 0 unspecified atom stereocenters. The Morgan fingerprint density at radius 1 is 0.906 bits per heavy atom. The number of hydrogen-bond donors (Lipinski definition) is 1. The van der Waals surface area contributed by atoms with E-state index < -0.39 is 0 Å². The lowest BCUT2D eigenvalue weighted by molar-refractivity contribution is -0.133. The van der Waals surface area contributed by atoms with Crippen molar-refractivity contribution < 1.29 is 4.79 Å².